The van der Waals surface area contributed by atoms with Crippen LogP contribution in [0.1, 0.15) is 11.1 Å². The molecule has 25 heavy (non-hydrogen) atoms. The number of fused-ring (bicyclic) bond motifs is 1. The van der Waals surface area contributed by atoms with Crippen LogP contribution >= 0.6 is 23.4 Å². The lowest BCUT2D eigenvalue weighted by Gasteiger charge is -2.05. The van der Waals surface area contributed by atoms with E-state index in [4.69, 9.17) is 11.6 Å². The van der Waals surface area contributed by atoms with Crippen LogP contribution < -0.4 is 5.32 Å². The maximum absolute atomic E-state index is 11.9. The van der Waals surface area contributed by atoms with E-state index in [9.17, 15) is 9.59 Å². The highest BCUT2D eigenvalue weighted by molar-refractivity contribution is 8.15. The first kappa shape index (κ1) is 16.2. The van der Waals surface area contributed by atoms with Crippen LogP contribution in [0.25, 0.3) is 10.9 Å². The molecule has 1 aliphatic heterocycles. The third-order valence-electron chi connectivity index (χ3n) is 4.31. The molecule has 1 unspecified atom stereocenters. The zero-order chi connectivity index (χ0) is 17.4. The van der Waals surface area contributed by atoms with Crippen LogP contribution in [0, 0.1) is 0 Å². The lowest BCUT2D eigenvalue weighted by Crippen LogP contribution is -2.25. The Hall–Kier alpha value is -2.24. The quantitative estimate of drug-likeness (QED) is 0.747. The summed E-state index contributed by atoms with van der Waals surface area (Å²) in [5.74, 6) is -0.204. The Morgan fingerprint density at radius 3 is 2.56 bits per heavy atom. The van der Waals surface area contributed by atoms with Crippen molar-refractivity contribution in [3.8, 4) is 0 Å². The molecule has 6 heteroatoms. The van der Waals surface area contributed by atoms with Crippen molar-refractivity contribution in [2.75, 3.05) is 0 Å². The average Bonchev–Trinajstić information content (AvgIpc) is 3.10. The van der Waals surface area contributed by atoms with Gasteiger partial charge in [-0.15, -0.1) is 0 Å². The summed E-state index contributed by atoms with van der Waals surface area (Å²) in [4.78, 5) is 23.3. The third kappa shape index (κ3) is 3.30. The Labute approximate surface area is 154 Å². The molecule has 2 amide bonds. The van der Waals surface area contributed by atoms with E-state index in [1.165, 1.54) is 0 Å². The van der Waals surface area contributed by atoms with Gasteiger partial charge in [-0.1, -0.05) is 53.7 Å². The maximum Gasteiger partial charge on any atom is 0.286 e. The maximum atomic E-state index is 11.9. The fraction of sp³-hybridized carbons (Fsp3) is 0.158. The number of halogens is 1. The molecule has 1 atom stereocenters. The number of rotatable bonds is 4. The van der Waals surface area contributed by atoms with Gasteiger partial charge in [0.15, 0.2) is 0 Å². The second kappa shape index (κ2) is 6.58. The Morgan fingerprint density at radius 1 is 1.08 bits per heavy atom. The largest absolute Gasteiger partial charge is 0.343 e. The molecule has 4 nitrogen and oxygen atoms in total. The molecule has 1 aliphatic rings. The second-order valence-electron chi connectivity index (χ2n) is 6.01. The number of carbonyl (C=O) groups excluding carboxylic acids is 2. The van der Waals surface area contributed by atoms with Crippen molar-refractivity contribution < 1.29 is 9.59 Å². The minimum Gasteiger partial charge on any atom is -0.343 e. The van der Waals surface area contributed by atoms with Crippen molar-refractivity contribution in [3.63, 3.8) is 0 Å². The Balaban J connectivity index is 1.67. The van der Waals surface area contributed by atoms with E-state index >= 15 is 0 Å². The Kier molecular flexibility index (Phi) is 4.27. The second-order valence-corrected chi connectivity index (χ2v) is 7.63. The van der Waals surface area contributed by atoms with E-state index in [1.807, 2.05) is 36.4 Å². The summed E-state index contributed by atoms with van der Waals surface area (Å²) < 4.78 is 2.17. The molecule has 0 bridgehead atoms. The molecule has 2 heterocycles. The van der Waals surface area contributed by atoms with E-state index in [0.29, 0.717) is 6.42 Å². The SMILES string of the molecule is O=C1NC(=O)C(Cc2cn(Cc3ccc(Cl)cc3)c3ccccc23)S1. The summed E-state index contributed by atoms with van der Waals surface area (Å²) in [6, 6.07) is 15.9. The fourth-order valence-electron chi connectivity index (χ4n) is 3.13. The fourth-order valence-corrected chi connectivity index (χ4v) is 4.10. The van der Waals surface area contributed by atoms with Crippen LogP contribution in [0.5, 0.6) is 0 Å². The number of nitrogens with zero attached hydrogens (tertiary/aromatic N) is 1. The van der Waals surface area contributed by atoms with Crippen molar-refractivity contribution in [3.05, 3.63) is 70.9 Å². The molecule has 0 spiro atoms. The third-order valence-corrected chi connectivity index (χ3v) is 5.54. The topological polar surface area (TPSA) is 51.1 Å². The molecule has 4 rings (SSSR count). The first-order valence-corrected chi connectivity index (χ1v) is 9.18. The summed E-state index contributed by atoms with van der Waals surface area (Å²) in [5.41, 5.74) is 3.34. The minimum absolute atomic E-state index is 0.204. The lowest BCUT2D eigenvalue weighted by molar-refractivity contribution is -0.118. The van der Waals surface area contributed by atoms with Crippen molar-refractivity contribution in [1.82, 2.24) is 9.88 Å². The first-order chi connectivity index (χ1) is 12.1. The van der Waals surface area contributed by atoms with E-state index in [-0.39, 0.29) is 16.4 Å². The molecule has 1 N–H and O–H groups in total. The predicted octanol–water partition coefficient (Wildman–Crippen LogP) is 4.24. The van der Waals surface area contributed by atoms with Gasteiger partial charge in [0, 0.05) is 28.7 Å². The predicted molar refractivity (Wildman–Crippen MR) is 101 cm³/mol. The Morgan fingerprint density at radius 2 is 1.84 bits per heavy atom. The van der Waals surface area contributed by atoms with Crippen molar-refractivity contribution >= 4 is 45.4 Å². The monoisotopic (exact) mass is 370 g/mol. The average molecular weight is 371 g/mol. The van der Waals surface area contributed by atoms with Gasteiger partial charge in [-0.05, 0) is 35.7 Å². The summed E-state index contributed by atoms with van der Waals surface area (Å²) in [6.07, 6.45) is 2.62. The normalized spacial score (nSPS) is 17.2. The molecule has 3 aromatic rings. The molecule has 1 fully saturated rings. The van der Waals surface area contributed by atoms with Gasteiger partial charge < -0.3 is 4.57 Å². The van der Waals surface area contributed by atoms with Crippen LogP contribution in [0.2, 0.25) is 5.02 Å². The van der Waals surface area contributed by atoms with Gasteiger partial charge in [-0.2, -0.15) is 0 Å². The number of imide groups is 1. The minimum atomic E-state index is -0.359. The Bertz CT molecular complexity index is 965. The molecular weight excluding hydrogens is 356 g/mol. The van der Waals surface area contributed by atoms with Gasteiger partial charge in [0.05, 0.1) is 5.25 Å². The highest BCUT2D eigenvalue weighted by Gasteiger charge is 2.32. The molecule has 0 saturated carbocycles. The van der Waals surface area contributed by atoms with Gasteiger partial charge in [0.2, 0.25) is 5.91 Å². The van der Waals surface area contributed by atoms with Crippen LogP contribution in [0.15, 0.2) is 54.7 Å². The number of benzene rings is 2. The van der Waals surface area contributed by atoms with E-state index < -0.39 is 0 Å². The van der Waals surface area contributed by atoms with Crippen LogP contribution in [0.4, 0.5) is 4.79 Å². The lowest BCUT2D eigenvalue weighted by atomic mass is 10.1. The zero-order valence-corrected chi connectivity index (χ0v) is 14.8. The van der Waals surface area contributed by atoms with Crippen molar-refractivity contribution in [2.24, 2.45) is 0 Å². The van der Waals surface area contributed by atoms with Gasteiger partial charge in [-0.25, -0.2) is 0 Å². The van der Waals surface area contributed by atoms with Crippen molar-refractivity contribution in [2.45, 2.75) is 18.2 Å². The zero-order valence-electron chi connectivity index (χ0n) is 13.2. The number of amides is 2. The number of carbonyl (C=O) groups is 2. The van der Waals surface area contributed by atoms with Gasteiger partial charge in [-0.3, -0.25) is 14.9 Å². The number of hydrogen-bond acceptors (Lipinski definition) is 3. The van der Waals surface area contributed by atoms with Gasteiger partial charge in [0.1, 0.15) is 0 Å². The van der Waals surface area contributed by atoms with E-state index in [0.717, 1.165) is 45.4 Å². The number of para-hydroxylation sites is 1. The van der Waals surface area contributed by atoms with Crippen LogP contribution in [-0.2, 0) is 17.8 Å². The van der Waals surface area contributed by atoms with Crippen molar-refractivity contribution in [1.29, 1.82) is 0 Å². The molecule has 2 aromatic carbocycles. The molecule has 0 radical (unpaired) electrons. The first-order valence-electron chi connectivity index (χ1n) is 7.93. The summed E-state index contributed by atoms with van der Waals surface area (Å²) >= 11 is 7.03. The molecule has 1 aromatic heterocycles. The standard InChI is InChI=1S/C19H15ClN2O2S/c20-14-7-5-12(6-8-14)10-22-11-13(15-3-1-2-4-16(15)22)9-17-18(23)21-19(24)25-17/h1-8,11,17H,9-10H2,(H,21,23,24). The highest BCUT2D eigenvalue weighted by Crippen LogP contribution is 2.28. The summed E-state index contributed by atoms with van der Waals surface area (Å²) in [5, 5.41) is 3.56. The molecular formula is C19H15ClN2O2S. The van der Waals surface area contributed by atoms with E-state index in [1.54, 1.807) is 0 Å². The molecule has 1 saturated heterocycles. The van der Waals surface area contributed by atoms with E-state index in [2.05, 4.69) is 28.2 Å². The number of hydrogen-bond donors (Lipinski definition) is 1. The smallest absolute Gasteiger partial charge is 0.286 e. The van der Waals surface area contributed by atoms with Gasteiger partial charge >= 0.3 is 0 Å². The molecule has 0 aliphatic carbocycles. The van der Waals surface area contributed by atoms with Crippen LogP contribution in [-0.4, -0.2) is 21.0 Å². The van der Waals surface area contributed by atoms with Crippen LogP contribution in [0.3, 0.4) is 0 Å². The summed E-state index contributed by atoms with van der Waals surface area (Å²) in [7, 11) is 0. The number of nitrogens with one attached hydrogen (secondary N) is 1. The summed E-state index contributed by atoms with van der Waals surface area (Å²) in [6.45, 7) is 0.723. The molecule has 126 valence electrons. The van der Waals surface area contributed by atoms with Gasteiger partial charge in [0.25, 0.3) is 5.24 Å². The number of thioether (sulfide) groups is 1. The highest BCUT2D eigenvalue weighted by atomic mass is 35.5. The number of aromatic nitrogens is 1.